The zero-order valence-electron chi connectivity index (χ0n) is 15.6. The Labute approximate surface area is 159 Å². The number of hydrogen-bond acceptors (Lipinski definition) is 3. The molecule has 1 fully saturated rings. The zero-order valence-corrected chi connectivity index (χ0v) is 15.6. The monoisotopic (exact) mass is 361 g/mol. The maximum atomic E-state index is 12.6. The summed E-state index contributed by atoms with van der Waals surface area (Å²) in [7, 11) is 0. The number of anilines is 2. The molecule has 3 rings (SSSR count). The smallest absolute Gasteiger partial charge is 0.229 e. The minimum Gasteiger partial charge on any atom is -0.326 e. The third-order valence-corrected chi connectivity index (χ3v) is 5.13. The van der Waals surface area contributed by atoms with Crippen molar-refractivity contribution in [1.29, 1.82) is 5.26 Å². The van der Waals surface area contributed by atoms with Crippen LogP contribution in [-0.4, -0.2) is 18.4 Å². The van der Waals surface area contributed by atoms with E-state index < -0.39 is 5.92 Å². The summed E-state index contributed by atoms with van der Waals surface area (Å²) in [6, 6.07) is 16.8. The van der Waals surface area contributed by atoms with E-state index >= 15 is 0 Å². The quantitative estimate of drug-likeness (QED) is 0.873. The molecule has 27 heavy (non-hydrogen) atoms. The molecule has 0 spiro atoms. The van der Waals surface area contributed by atoms with Gasteiger partial charge in [-0.3, -0.25) is 9.59 Å². The van der Waals surface area contributed by atoms with Crippen LogP contribution in [0.25, 0.3) is 0 Å². The normalized spacial score (nSPS) is 17.4. The van der Waals surface area contributed by atoms with Crippen molar-refractivity contribution in [2.24, 2.45) is 5.92 Å². The third-order valence-electron chi connectivity index (χ3n) is 5.13. The van der Waals surface area contributed by atoms with E-state index in [0.29, 0.717) is 23.7 Å². The van der Waals surface area contributed by atoms with E-state index in [9.17, 15) is 9.59 Å². The van der Waals surface area contributed by atoms with Gasteiger partial charge in [-0.15, -0.1) is 0 Å². The molecule has 1 heterocycles. The van der Waals surface area contributed by atoms with E-state index in [0.717, 1.165) is 17.7 Å². The second-order valence-electron chi connectivity index (χ2n) is 6.96. The molecule has 2 amide bonds. The van der Waals surface area contributed by atoms with Gasteiger partial charge in [0.15, 0.2) is 0 Å². The topological polar surface area (TPSA) is 73.2 Å². The first-order valence-electron chi connectivity index (χ1n) is 9.23. The first-order valence-corrected chi connectivity index (χ1v) is 9.23. The molecule has 2 aromatic rings. The SMILES string of the molecule is CC[C@@H](C)c1ccccc1N1C[C@@H](C(=O)Nc2cccc(C#N)c2)CC1=O. The summed E-state index contributed by atoms with van der Waals surface area (Å²) < 4.78 is 0. The molecule has 5 nitrogen and oxygen atoms in total. The first kappa shape index (κ1) is 18.7. The van der Waals surface area contributed by atoms with Gasteiger partial charge in [-0.25, -0.2) is 0 Å². The van der Waals surface area contributed by atoms with Crippen LogP contribution in [0, 0.1) is 17.2 Å². The van der Waals surface area contributed by atoms with E-state index in [-0.39, 0.29) is 18.2 Å². The highest BCUT2D eigenvalue weighted by Crippen LogP contribution is 2.33. The zero-order chi connectivity index (χ0) is 19.4. The van der Waals surface area contributed by atoms with Gasteiger partial charge in [0.25, 0.3) is 0 Å². The molecule has 1 aliphatic heterocycles. The van der Waals surface area contributed by atoms with Crippen molar-refractivity contribution in [3.8, 4) is 6.07 Å². The van der Waals surface area contributed by atoms with Crippen molar-refractivity contribution in [1.82, 2.24) is 0 Å². The Hall–Kier alpha value is -3.13. The summed E-state index contributed by atoms with van der Waals surface area (Å²) in [4.78, 5) is 27.0. The van der Waals surface area contributed by atoms with Crippen LogP contribution < -0.4 is 10.2 Å². The number of nitriles is 1. The Morgan fingerprint density at radius 2 is 2.07 bits per heavy atom. The number of rotatable bonds is 5. The molecule has 0 saturated carbocycles. The van der Waals surface area contributed by atoms with Crippen LogP contribution in [0.5, 0.6) is 0 Å². The number of para-hydroxylation sites is 1. The van der Waals surface area contributed by atoms with Crippen LogP contribution >= 0.6 is 0 Å². The van der Waals surface area contributed by atoms with Crippen molar-refractivity contribution < 1.29 is 9.59 Å². The van der Waals surface area contributed by atoms with Crippen molar-refractivity contribution in [2.75, 3.05) is 16.8 Å². The van der Waals surface area contributed by atoms with Gasteiger partial charge in [-0.1, -0.05) is 38.1 Å². The average molecular weight is 361 g/mol. The van der Waals surface area contributed by atoms with Gasteiger partial charge in [-0.05, 0) is 42.2 Å². The van der Waals surface area contributed by atoms with Gasteiger partial charge < -0.3 is 10.2 Å². The standard InChI is InChI=1S/C22H23N3O2/c1-3-15(2)19-9-4-5-10-20(19)25-14-17(12-21(25)26)22(27)24-18-8-6-7-16(11-18)13-23/h4-11,15,17H,3,12,14H2,1-2H3,(H,24,27)/t15-,17+/m1/s1. The molecule has 1 N–H and O–H groups in total. The van der Waals surface area contributed by atoms with E-state index in [1.807, 2.05) is 18.2 Å². The lowest BCUT2D eigenvalue weighted by Gasteiger charge is -2.23. The van der Waals surface area contributed by atoms with Crippen LogP contribution in [-0.2, 0) is 9.59 Å². The minimum absolute atomic E-state index is 0.0309. The molecule has 5 heteroatoms. The Morgan fingerprint density at radius 1 is 1.30 bits per heavy atom. The predicted molar refractivity (Wildman–Crippen MR) is 105 cm³/mol. The molecule has 2 aromatic carbocycles. The number of amides is 2. The van der Waals surface area contributed by atoms with Crippen molar-refractivity contribution in [3.63, 3.8) is 0 Å². The van der Waals surface area contributed by atoms with Gasteiger partial charge >= 0.3 is 0 Å². The number of nitrogens with one attached hydrogen (secondary N) is 1. The highest BCUT2D eigenvalue weighted by molar-refractivity contribution is 6.04. The second kappa shape index (κ2) is 8.05. The number of carbonyl (C=O) groups is 2. The largest absolute Gasteiger partial charge is 0.326 e. The summed E-state index contributed by atoms with van der Waals surface area (Å²) in [6.07, 6.45) is 1.18. The molecule has 1 aliphatic rings. The molecule has 1 saturated heterocycles. The molecule has 0 radical (unpaired) electrons. The molecule has 0 bridgehead atoms. The van der Waals surface area contributed by atoms with Crippen LogP contribution in [0.15, 0.2) is 48.5 Å². The fraction of sp³-hybridized carbons (Fsp3) is 0.318. The minimum atomic E-state index is -0.409. The average Bonchev–Trinajstić information content (AvgIpc) is 3.09. The van der Waals surface area contributed by atoms with Crippen molar-refractivity contribution in [2.45, 2.75) is 32.6 Å². The molecule has 138 valence electrons. The van der Waals surface area contributed by atoms with Crippen LogP contribution in [0.4, 0.5) is 11.4 Å². The maximum absolute atomic E-state index is 12.6. The van der Waals surface area contributed by atoms with E-state index in [2.05, 4.69) is 31.3 Å². The molecule has 0 unspecified atom stereocenters. The molecular weight excluding hydrogens is 338 g/mol. The highest BCUT2D eigenvalue weighted by atomic mass is 16.2. The second-order valence-corrected chi connectivity index (χ2v) is 6.96. The lowest BCUT2D eigenvalue weighted by Crippen LogP contribution is -2.29. The Kier molecular flexibility index (Phi) is 5.56. The first-order chi connectivity index (χ1) is 13.0. The van der Waals surface area contributed by atoms with E-state index in [1.54, 1.807) is 29.2 Å². The van der Waals surface area contributed by atoms with Gasteiger partial charge in [0, 0.05) is 24.3 Å². The Bertz CT molecular complexity index is 900. The summed E-state index contributed by atoms with van der Waals surface area (Å²) in [5.41, 5.74) is 3.10. The van der Waals surface area contributed by atoms with Gasteiger partial charge in [0.2, 0.25) is 11.8 Å². The molecule has 0 aliphatic carbocycles. The van der Waals surface area contributed by atoms with Gasteiger partial charge in [0.05, 0.1) is 17.6 Å². The Balaban J connectivity index is 1.76. The highest BCUT2D eigenvalue weighted by Gasteiger charge is 2.36. The number of carbonyl (C=O) groups excluding carboxylic acids is 2. The number of benzene rings is 2. The Morgan fingerprint density at radius 3 is 2.81 bits per heavy atom. The summed E-state index contributed by atoms with van der Waals surface area (Å²) in [6.45, 7) is 4.64. The van der Waals surface area contributed by atoms with Crippen molar-refractivity contribution >= 4 is 23.2 Å². The number of nitrogens with zero attached hydrogens (tertiary/aromatic N) is 2. The van der Waals surface area contributed by atoms with Crippen molar-refractivity contribution in [3.05, 3.63) is 59.7 Å². The van der Waals surface area contributed by atoms with Crippen LogP contribution in [0.1, 0.15) is 43.7 Å². The fourth-order valence-corrected chi connectivity index (χ4v) is 3.40. The molecule has 0 aromatic heterocycles. The number of hydrogen-bond donors (Lipinski definition) is 1. The summed E-state index contributed by atoms with van der Waals surface area (Å²) in [5.74, 6) is -0.289. The summed E-state index contributed by atoms with van der Waals surface area (Å²) in [5, 5.41) is 11.8. The fourth-order valence-electron chi connectivity index (χ4n) is 3.40. The maximum Gasteiger partial charge on any atom is 0.229 e. The molecule has 2 atom stereocenters. The van der Waals surface area contributed by atoms with Crippen LogP contribution in [0.2, 0.25) is 0 Å². The van der Waals surface area contributed by atoms with Gasteiger partial charge in [-0.2, -0.15) is 5.26 Å². The van der Waals surface area contributed by atoms with E-state index in [4.69, 9.17) is 5.26 Å². The predicted octanol–water partition coefficient (Wildman–Crippen LogP) is 4.06. The lowest BCUT2D eigenvalue weighted by molar-refractivity contribution is -0.122. The molecular formula is C22H23N3O2. The summed E-state index contributed by atoms with van der Waals surface area (Å²) >= 11 is 0. The third kappa shape index (κ3) is 4.01. The van der Waals surface area contributed by atoms with E-state index in [1.165, 1.54) is 0 Å². The lowest BCUT2D eigenvalue weighted by atomic mass is 9.96. The van der Waals surface area contributed by atoms with Gasteiger partial charge in [0.1, 0.15) is 0 Å². The van der Waals surface area contributed by atoms with Crippen LogP contribution in [0.3, 0.4) is 0 Å².